The number of hydrogen-bond donors (Lipinski definition) is 3. The van der Waals surface area contributed by atoms with Crippen LogP contribution in [0.4, 0.5) is 0 Å². The minimum absolute atomic E-state index is 0.0263. The van der Waals surface area contributed by atoms with Gasteiger partial charge < -0.3 is 20.3 Å². The van der Waals surface area contributed by atoms with Crippen molar-refractivity contribution in [3.8, 4) is 11.5 Å². The van der Waals surface area contributed by atoms with Crippen molar-refractivity contribution in [2.24, 2.45) is 0 Å². The van der Waals surface area contributed by atoms with E-state index in [1.807, 2.05) is 6.92 Å². The minimum Gasteiger partial charge on any atom is -0.507 e. The zero-order valence-corrected chi connectivity index (χ0v) is 13.7. The fourth-order valence-electron chi connectivity index (χ4n) is 2.76. The molecule has 1 amide bonds. The summed E-state index contributed by atoms with van der Waals surface area (Å²) in [7, 11) is 1.40. The van der Waals surface area contributed by atoms with Crippen LogP contribution in [0.2, 0.25) is 0 Å². The number of carbonyl (C=O) groups is 2. The number of phenols is 1. The lowest BCUT2D eigenvalue weighted by molar-refractivity contribution is -0.133. The number of aliphatic hydroxyl groups is 1. The van der Waals surface area contributed by atoms with Crippen molar-refractivity contribution >= 4 is 17.4 Å². The molecule has 6 heteroatoms. The first-order chi connectivity index (χ1) is 11.9. The fourth-order valence-corrected chi connectivity index (χ4v) is 2.76. The number of methoxy groups -OCH3 is 1. The van der Waals surface area contributed by atoms with Crippen molar-refractivity contribution in [3.63, 3.8) is 0 Å². The molecule has 25 heavy (non-hydrogen) atoms. The van der Waals surface area contributed by atoms with Crippen LogP contribution in [-0.2, 0) is 9.59 Å². The van der Waals surface area contributed by atoms with Gasteiger partial charge in [-0.15, -0.1) is 0 Å². The van der Waals surface area contributed by atoms with Gasteiger partial charge in [0.15, 0.2) is 11.5 Å². The number of ketones is 1. The summed E-state index contributed by atoms with van der Waals surface area (Å²) in [5.41, 5.74) is 1.94. The number of phenolic OH excluding ortho intramolecular Hbond substituents is 1. The second-order valence-corrected chi connectivity index (χ2v) is 5.80. The smallest absolute Gasteiger partial charge is 0.293 e. The fraction of sp³-hybridized carbons (Fsp3) is 0.158. The van der Waals surface area contributed by atoms with Gasteiger partial charge in [0.05, 0.1) is 18.7 Å². The third-order valence-electron chi connectivity index (χ3n) is 4.13. The first kappa shape index (κ1) is 16.6. The van der Waals surface area contributed by atoms with Gasteiger partial charge in [-0.25, -0.2) is 0 Å². The van der Waals surface area contributed by atoms with Crippen LogP contribution in [0.25, 0.3) is 5.76 Å². The van der Waals surface area contributed by atoms with E-state index in [0.717, 1.165) is 5.56 Å². The van der Waals surface area contributed by atoms with Crippen LogP contribution in [0.15, 0.2) is 48.0 Å². The molecule has 0 aromatic heterocycles. The number of aromatic hydroxyl groups is 1. The molecule has 0 spiro atoms. The highest BCUT2D eigenvalue weighted by Gasteiger charge is 2.39. The van der Waals surface area contributed by atoms with E-state index in [-0.39, 0.29) is 22.8 Å². The van der Waals surface area contributed by atoms with Gasteiger partial charge in [-0.05, 0) is 24.6 Å². The number of aryl methyl sites for hydroxylation is 1. The molecule has 3 N–H and O–H groups in total. The van der Waals surface area contributed by atoms with Crippen LogP contribution in [0.5, 0.6) is 11.5 Å². The second kappa shape index (κ2) is 6.32. The molecule has 0 saturated carbocycles. The number of nitrogens with one attached hydrogen (secondary N) is 1. The second-order valence-electron chi connectivity index (χ2n) is 5.80. The Morgan fingerprint density at radius 1 is 1.12 bits per heavy atom. The molecule has 0 aliphatic carbocycles. The van der Waals surface area contributed by atoms with Crippen LogP contribution < -0.4 is 10.1 Å². The number of rotatable bonds is 3. The van der Waals surface area contributed by atoms with Gasteiger partial charge in [0, 0.05) is 5.56 Å². The maximum absolute atomic E-state index is 12.3. The molecular formula is C19H17NO5. The predicted octanol–water partition coefficient (Wildman–Crippen LogP) is 2.42. The van der Waals surface area contributed by atoms with E-state index < -0.39 is 17.7 Å². The maximum Gasteiger partial charge on any atom is 0.293 e. The van der Waals surface area contributed by atoms with E-state index in [9.17, 15) is 19.8 Å². The zero-order chi connectivity index (χ0) is 18.1. The molecule has 1 heterocycles. The van der Waals surface area contributed by atoms with Crippen LogP contribution in [0.1, 0.15) is 22.7 Å². The van der Waals surface area contributed by atoms with Crippen molar-refractivity contribution in [2.45, 2.75) is 13.0 Å². The van der Waals surface area contributed by atoms with Gasteiger partial charge in [-0.1, -0.05) is 35.9 Å². The molecule has 1 fully saturated rings. The molecule has 128 valence electrons. The summed E-state index contributed by atoms with van der Waals surface area (Å²) >= 11 is 0. The SMILES string of the molecule is COc1cc([C@@H]2NC(=O)C(=O)C2=C(O)c2ccc(C)cc2)ccc1O. The highest BCUT2D eigenvalue weighted by atomic mass is 16.5. The monoisotopic (exact) mass is 339 g/mol. The lowest BCUT2D eigenvalue weighted by atomic mass is 9.95. The number of amides is 1. The molecule has 1 saturated heterocycles. The van der Waals surface area contributed by atoms with Crippen LogP contribution >= 0.6 is 0 Å². The van der Waals surface area contributed by atoms with Crippen LogP contribution in [-0.4, -0.2) is 29.0 Å². The predicted molar refractivity (Wildman–Crippen MR) is 91.3 cm³/mol. The van der Waals surface area contributed by atoms with Crippen molar-refractivity contribution in [1.29, 1.82) is 0 Å². The summed E-state index contributed by atoms with van der Waals surface area (Å²) in [6.07, 6.45) is 0. The Labute approximate surface area is 144 Å². The Kier molecular flexibility index (Phi) is 4.19. The lowest BCUT2D eigenvalue weighted by Gasteiger charge is -2.15. The molecule has 1 atom stereocenters. The number of benzene rings is 2. The average molecular weight is 339 g/mol. The zero-order valence-electron chi connectivity index (χ0n) is 13.7. The summed E-state index contributed by atoms with van der Waals surface area (Å²) < 4.78 is 5.07. The summed E-state index contributed by atoms with van der Waals surface area (Å²) in [6, 6.07) is 10.6. The van der Waals surface area contributed by atoms with Gasteiger partial charge in [0.2, 0.25) is 0 Å². The van der Waals surface area contributed by atoms with Crippen LogP contribution in [0.3, 0.4) is 0 Å². The summed E-state index contributed by atoms with van der Waals surface area (Å²) in [4.78, 5) is 24.2. The summed E-state index contributed by atoms with van der Waals surface area (Å²) in [6.45, 7) is 1.91. The molecule has 6 nitrogen and oxygen atoms in total. The maximum atomic E-state index is 12.3. The van der Waals surface area contributed by atoms with E-state index in [1.165, 1.54) is 19.2 Å². The van der Waals surface area contributed by atoms with Gasteiger partial charge >= 0.3 is 0 Å². The topological polar surface area (TPSA) is 95.9 Å². The normalized spacial score (nSPS) is 18.9. The lowest BCUT2D eigenvalue weighted by Crippen LogP contribution is -2.21. The molecule has 0 unspecified atom stereocenters. The third-order valence-corrected chi connectivity index (χ3v) is 4.13. The van der Waals surface area contributed by atoms with E-state index >= 15 is 0 Å². The van der Waals surface area contributed by atoms with Gasteiger partial charge in [-0.2, -0.15) is 0 Å². The standard InChI is InChI=1S/C19H17NO5/c1-10-3-5-11(6-4-10)17(22)15-16(20-19(24)18(15)23)12-7-8-13(21)14(9-12)25-2/h3-9,16,21-22H,1-2H3,(H,20,24)/t16-/m0/s1. The Bertz CT molecular complexity index is 883. The summed E-state index contributed by atoms with van der Waals surface area (Å²) in [5, 5.41) is 22.9. The quantitative estimate of drug-likeness (QED) is 0.453. The number of carbonyl (C=O) groups excluding carboxylic acids is 2. The molecule has 2 aromatic carbocycles. The van der Waals surface area contributed by atoms with Gasteiger partial charge in [0.25, 0.3) is 11.7 Å². The Hall–Kier alpha value is -3.28. The average Bonchev–Trinajstić information content (AvgIpc) is 2.90. The Morgan fingerprint density at radius 3 is 2.44 bits per heavy atom. The molecule has 1 aliphatic rings. The number of ether oxygens (including phenoxy) is 1. The van der Waals surface area contributed by atoms with Crippen molar-refractivity contribution in [1.82, 2.24) is 5.32 Å². The molecule has 0 bridgehead atoms. The highest BCUT2D eigenvalue weighted by Crippen LogP contribution is 2.36. The van der Waals surface area contributed by atoms with E-state index in [1.54, 1.807) is 30.3 Å². The summed E-state index contributed by atoms with van der Waals surface area (Å²) in [5.74, 6) is -1.67. The molecular weight excluding hydrogens is 322 g/mol. The van der Waals surface area contributed by atoms with Crippen molar-refractivity contribution in [3.05, 3.63) is 64.7 Å². The minimum atomic E-state index is -0.823. The Morgan fingerprint density at radius 2 is 1.80 bits per heavy atom. The van der Waals surface area contributed by atoms with Gasteiger partial charge in [-0.3, -0.25) is 9.59 Å². The number of Topliss-reactive ketones (excluding diaryl/α,β-unsaturated/α-hetero) is 1. The third kappa shape index (κ3) is 2.94. The van der Waals surface area contributed by atoms with Gasteiger partial charge in [0.1, 0.15) is 5.76 Å². The van der Waals surface area contributed by atoms with Crippen molar-refractivity contribution < 1.29 is 24.5 Å². The first-order valence-electron chi connectivity index (χ1n) is 7.64. The van der Waals surface area contributed by atoms with E-state index in [2.05, 4.69) is 5.32 Å². The first-order valence-corrected chi connectivity index (χ1v) is 7.64. The molecule has 2 aromatic rings. The highest BCUT2D eigenvalue weighted by molar-refractivity contribution is 6.46. The van der Waals surface area contributed by atoms with Crippen molar-refractivity contribution in [2.75, 3.05) is 7.11 Å². The Balaban J connectivity index is 2.12. The number of hydrogen-bond acceptors (Lipinski definition) is 5. The van der Waals surface area contributed by atoms with Crippen LogP contribution in [0, 0.1) is 6.92 Å². The van der Waals surface area contributed by atoms with E-state index in [4.69, 9.17) is 4.74 Å². The number of aliphatic hydroxyl groups excluding tert-OH is 1. The molecule has 3 rings (SSSR count). The molecule has 1 aliphatic heterocycles. The molecule has 0 radical (unpaired) electrons. The van der Waals surface area contributed by atoms with E-state index in [0.29, 0.717) is 11.1 Å². The largest absolute Gasteiger partial charge is 0.507 e.